The molecular weight excluding hydrogens is 662 g/mol. The van der Waals surface area contributed by atoms with Gasteiger partial charge in [0.15, 0.2) is 0 Å². The molecule has 0 saturated carbocycles. The second kappa shape index (κ2) is 14.9. The van der Waals surface area contributed by atoms with Crippen molar-refractivity contribution in [2.75, 3.05) is 17.1 Å². The molecule has 44 heavy (non-hydrogen) atoms. The van der Waals surface area contributed by atoms with Crippen molar-refractivity contribution in [3.63, 3.8) is 0 Å². The molecule has 7 nitrogen and oxygen atoms in total. The number of benzene rings is 3. The molecule has 3 rings (SSSR count). The van der Waals surface area contributed by atoms with Crippen LogP contribution in [0.25, 0.3) is 0 Å². The van der Waals surface area contributed by atoms with Gasteiger partial charge in [0.25, 0.3) is 0 Å². The number of halogens is 6. The first-order valence-electron chi connectivity index (χ1n) is 13.4. The van der Waals surface area contributed by atoms with Crippen molar-refractivity contribution in [3.05, 3.63) is 98.5 Å². The Morgan fingerprint density at radius 1 is 0.932 bits per heavy atom. The number of carbonyl (C=O) groups excluding carboxylic acids is 2. The van der Waals surface area contributed by atoms with Crippen LogP contribution in [0.3, 0.4) is 0 Å². The minimum absolute atomic E-state index is 0.0367. The molecule has 0 aromatic heterocycles. The van der Waals surface area contributed by atoms with E-state index < -0.39 is 56.9 Å². The van der Waals surface area contributed by atoms with Gasteiger partial charge in [-0.2, -0.15) is 13.2 Å². The van der Waals surface area contributed by atoms with Gasteiger partial charge in [-0.3, -0.25) is 13.9 Å². The highest BCUT2D eigenvalue weighted by molar-refractivity contribution is 7.92. The summed E-state index contributed by atoms with van der Waals surface area (Å²) in [6.45, 7) is 2.43. The number of anilines is 1. The molecule has 0 aliphatic rings. The van der Waals surface area contributed by atoms with Crippen LogP contribution in [0.5, 0.6) is 0 Å². The Balaban J connectivity index is 2.15. The van der Waals surface area contributed by atoms with Crippen LogP contribution in [-0.4, -0.2) is 50.0 Å². The largest absolute Gasteiger partial charge is 0.417 e. The molecule has 0 aliphatic carbocycles. The van der Waals surface area contributed by atoms with E-state index >= 15 is 0 Å². The lowest BCUT2D eigenvalue weighted by Crippen LogP contribution is -2.54. The number of nitrogens with one attached hydrogen (secondary N) is 1. The van der Waals surface area contributed by atoms with E-state index in [1.807, 2.05) is 6.92 Å². The van der Waals surface area contributed by atoms with Gasteiger partial charge in [-0.25, -0.2) is 8.42 Å². The van der Waals surface area contributed by atoms with Gasteiger partial charge in [0.2, 0.25) is 21.8 Å². The maximum Gasteiger partial charge on any atom is 0.417 e. The normalized spacial score (nSPS) is 13.2. The van der Waals surface area contributed by atoms with Crippen LogP contribution in [0.15, 0.2) is 66.7 Å². The number of amides is 2. The lowest BCUT2D eigenvalue weighted by atomic mass is 10.0. The topological polar surface area (TPSA) is 86.8 Å². The number of carbonyl (C=O) groups is 2. The zero-order valence-corrected chi connectivity index (χ0v) is 27.1. The molecule has 2 amide bonds. The quantitative estimate of drug-likeness (QED) is 0.222. The lowest BCUT2D eigenvalue weighted by molar-refractivity contribution is -0.140. The van der Waals surface area contributed by atoms with E-state index in [9.17, 15) is 31.2 Å². The highest BCUT2D eigenvalue weighted by Gasteiger charge is 2.37. The molecule has 3 aromatic carbocycles. The van der Waals surface area contributed by atoms with Crippen LogP contribution in [-0.2, 0) is 38.8 Å². The molecule has 2 atom stereocenters. The first-order chi connectivity index (χ1) is 20.5. The van der Waals surface area contributed by atoms with Gasteiger partial charge in [-0.05, 0) is 49.2 Å². The van der Waals surface area contributed by atoms with Crippen LogP contribution in [0.4, 0.5) is 18.9 Å². The Kier molecular flexibility index (Phi) is 12.0. The first kappa shape index (κ1) is 35.5. The van der Waals surface area contributed by atoms with Crippen molar-refractivity contribution < 1.29 is 31.2 Å². The SMILES string of the molecule is CC[C@@H](C)NC(=O)[C@H](Cc1ccccc1)N(Cc1c(Cl)cccc1Cl)C(=O)CN(c1ccc(Cl)c(C(F)(F)F)c1)S(C)(=O)=O. The summed E-state index contributed by atoms with van der Waals surface area (Å²) >= 11 is 18.6. The molecule has 0 heterocycles. The first-order valence-corrected chi connectivity index (χ1v) is 16.4. The van der Waals surface area contributed by atoms with Gasteiger partial charge in [-0.15, -0.1) is 0 Å². The highest BCUT2D eigenvalue weighted by Crippen LogP contribution is 2.37. The van der Waals surface area contributed by atoms with Gasteiger partial charge in [0.1, 0.15) is 12.6 Å². The summed E-state index contributed by atoms with van der Waals surface area (Å²) in [5, 5.41) is 2.63. The van der Waals surface area contributed by atoms with Gasteiger partial charge in [0, 0.05) is 34.6 Å². The van der Waals surface area contributed by atoms with Crippen molar-refractivity contribution in [1.82, 2.24) is 10.2 Å². The smallest absolute Gasteiger partial charge is 0.352 e. The monoisotopic (exact) mass is 691 g/mol. The maximum atomic E-state index is 14.1. The number of nitrogens with zero attached hydrogens (tertiary/aromatic N) is 2. The number of rotatable bonds is 12. The van der Waals surface area contributed by atoms with Crippen molar-refractivity contribution in [3.8, 4) is 0 Å². The highest BCUT2D eigenvalue weighted by atomic mass is 35.5. The zero-order valence-electron chi connectivity index (χ0n) is 24.0. The number of hydrogen-bond donors (Lipinski definition) is 1. The number of sulfonamides is 1. The second-order valence-electron chi connectivity index (χ2n) is 10.2. The fourth-order valence-corrected chi connectivity index (χ4v) is 5.93. The molecular formula is C30H31Cl3F3N3O4S. The minimum atomic E-state index is -4.89. The second-order valence-corrected chi connectivity index (χ2v) is 13.3. The Morgan fingerprint density at radius 3 is 2.09 bits per heavy atom. The summed E-state index contributed by atoms with van der Waals surface area (Å²) in [5.74, 6) is -1.40. The molecule has 238 valence electrons. The molecule has 1 N–H and O–H groups in total. The van der Waals surface area contributed by atoms with E-state index in [0.717, 1.165) is 23.3 Å². The third-order valence-corrected chi connectivity index (χ3v) is 9.06. The number of alkyl halides is 3. The van der Waals surface area contributed by atoms with Crippen LogP contribution >= 0.6 is 34.8 Å². The van der Waals surface area contributed by atoms with E-state index in [4.69, 9.17) is 34.8 Å². The molecule has 0 bridgehead atoms. The van der Waals surface area contributed by atoms with Crippen molar-refractivity contribution in [1.29, 1.82) is 0 Å². The Hall–Kier alpha value is -2.99. The van der Waals surface area contributed by atoms with Gasteiger partial charge in [0.05, 0.1) is 22.5 Å². The Morgan fingerprint density at radius 2 is 1.55 bits per heavy atom. The fourth-order valence-electron chi connectivity index (χ4n) is 4.35. The molecule has 0 spiro atoms. The lowest BCUT2D eigenvalue weighted by Gasteiger charge is -2.34. The van der Waals surface area contributed by atoms with Crippen LogP contribution in [0.1, 0.15) is 37.0 Å². The van der Waals surface area contributed by atoms with E-state index in [1.54, 1.807) is 55.5 Å². The van der Waals surface area contributed by atoms with Gasteiger partial charge >= 0.3 is 6.18 Å². The maximum absolute atomic E-state index is 14.1. The summed E-state index contributed by atoms with van der Waals surface area (Å²) in [6, 6.07) is 14.6. The predicted molar refractivity (Wildman–Crippen MR) is 167 cm³/mol. The van der Waals surface area contributed by atoms with Gasteiger partial charge < -0.3 is 10.2 Å². The van der Waals surface area contributed by atoms with E-state index in [2.05, 4.69) is 5.32 Å². The summed E-state index contributed by atoms with van der Waals surface area (Å²) in [7, 11) is -4.32. The Bertz CT molecular complexity index is 1570. The third-order valence-electron chi connectivity index (χ3n) is 6.88. The van der Waals surface area contributed by atoms with Crippen molar-refractivity contribution in [2.45, 2.75) is 51.5 Å². The molecule has 0 saturated heterocycles. The molecule has 3 aromatic rings. The third kappa shape index (κ3) is 9.26. The van der Waals surface area contributed by atoms with Crippen molar-refractivity contribution in [2.24, 2.45) is 0 Å². The zero-order chi connectivity index (χ0) is 32.8. The van der Waals surface area contributed by atoms with Crippen molar-refractivity contribution >= 4 is 62.3 Å². The molecule has 0 radical (unpaired) electrons. The van der Waals surface area contributed by atoms with Crippen LogP contribution in [0.2, 0.25) is 15.1 Å². The minimum Gasteiger partial charge on any atom is -0.352 e. The van der Waals surface area contributed by atoms with E-state index in [1.165, 1.54) is 0 Å². The summed E-state index contributed by atoms with van der Waals surface area (Å²) in [6.07, 6.45) is -3.50. The van der Waals surface area contributed by atoms with Gasteiger partial charge in [-0.1, -0.05) is 78.1 Å². The summed E-state index contributed by atoms with van der Waals surface area (Å²) in [5.41, 5.74) is -0.702. The molecule has 14 heteroatoms. The number of hydrogen-bond acceptors (Lipinski definition) is 4. The van der Waals surface area contributed by atoms with Crippen LogP contribution < -0.4 is 9.62 Å². The fraction of sp³-hybridized carbons (Fsp3) is 0.333. The van der Waals surface area contributed by atoms with E-state index in [-0.39, 0.29) is 29.1 Å². The van der Waals surface area contributed by atoms with E-state index in [0.29, 0.717) is 27.9 Å². The molecule has 0 fully saturated rings. The molecule has 0 aliphatic heterocycles. The standard InChI is InChI=1S/C30H31Cl3F3N3O4S/c1-4-19(2)37-29(41)27(15-20-9-6-5-7-10-20)38(17-22-24(31)11-8-12-25(22)32)28(40)18-39(44(3,42)43)21-13-14-26(33)23(16-21)30(34,35)36/h5-14,16,19,27H,4,15,17-18H2,1-3H3,(H,37,41)/t19-,27+/m1/s1. The molecule has 0 unspecified atom stereocenters. The average Bonchev–Trinajstić information content (AvgIpc) is 2.94. The summed E-state index contributed by atoms with van der Waals surface area (Å²) < 4.78 is 67.2. The Labute approximate surface area is 269 Å². The van der Waals surface area contributed by atoms with Crippen LogP contribution in [0, 0.1) is 0 Å². The summed E-state index contributed by atoms with van der Waals surface area (Å²) in [4.78, 5) is 29.0. The average molecular weight is 693 g/mol. The predicted octanol–water partition coefficient (Wildman–Crippen LogP) is 6.99.